The van der Waals surface area contributed by atoms with Gasteiger partial charge in [0.05, 0.1) is 0 Å². The molecule has 0 saturated heterocycles. The minimum absolute atomic E-state index is 0.0901. The molecule has 3 N–H and O–H groups in total. The Morgan fingerprint density at radius 3 is 2.75 bits per heavy atom. The Bertz CT molecular complexity index is 433. The van der Waals surface area contributed by atoms with Crippen molar-refractivity contribution in [1.82, 2.24) is 10.3 Å². The average Bonchev–Trinajstić information content (AvgIpc) is 2.41. The first-order valence-electron chi connectivity index (χ1n) is 7.09. The highest BCUT2D eigenvalue weighted by Gasteiger charge is 2.10. The summed E-state index contributed by atoms with van der Waals surface area (Å²) in [5.74, 6) is 0.549. The Hall–Kier alpha value is -1.62. The van der Waals surface area contributed by atoms with Crippen LogP contribution in [0.1, 0.15) is 55.1 Å². The molecule has 1 heterocycles. The predicted octanol–water partition coefficient (Wildman–Crippen LogP) is 2.33. The number of nitrogen functional groups attached to an aromatic ring is 1. The van der Waals surface area contributed by atoms with Crippen LogP contribution >= 0.6 is 0 Å². The maximum absolute atomic E-state index is 12.0. The van der Waals surface area contributed by atoms with Gasteiger partial charge in [0, 0.05) is 31.5 Å². The van der Waals surface area contributed by atoms with Crippen LogP contribution in [0.4, 0.5) is 5.82 Å². The largest absolute Gasteiger partial charge is 0.385 e. The van der Waals surface area contributed by atoms with Crippen molar-refractivity contribution in [1.29, 1.82) is 0 Å². The summed E-state index contributed by atoms with van der Waals surface area (Å²) in [6, 6.07) is 3.42. The molecular weight excluding hydrogens is 254 g/mol. The zero-order valence-electron chi connectivity index (χ0n) is 12.6. The van der Waals surface area contributed by atoms with Gasteiger partial charge in [-0.15, -0.1) is 0 Å². The monoisotopic (exact) mass is 279 g/mol. The summed E-state index contributed by atoms with van der Waals surface area (Å²) in [6.45, 7) is 5.49. The summed E-state index contributed by atoms with van der Waals surface area (Å²) >= 11 is 0. The van der Waals surface area contributed by atoms with Gasteiger partial charge >= 0.3 is 0 Å². The van der Waals surface area contributed by atoms with Gasteiger partial charge in [-0.05, 0) is 37.3 Å². The second-order valence-electron chi connectivity index (χ2n) is 5.17. The third-order valence-corrected chi connectivity index (χ3v) is 3.03. The maximum Gasteiger partial charge on any atom is 0.251 e. The molecule has 5 nitrogen and oxygen atoms in total. The highest BCUT2D eigenvalue weighted by Crippen LogP contribution is 2.15. The van der Waals surface area contributed by atoms with Crippen molar-refractivity contribution in [2.45, 2.75) is 39.0 Å². The van der Waals surface area contributed by atoms with E-state index in [-0.39, 0.29) is 11.8 Å². The number of pyridine rings is 1. The lowest BCUT2D eigenvalue weighted by molar-refractivity contribution is 0.0952. The summed E-state index contributed by atoms with van der Waals surface area (Å²) in [4.78, 5) is 16.3. The van der Waals surface area contributed by atoms with E-state index in [0.717, 1.165) is 31.6 Å². The molecule has 112 valence electrons. The Labute approximate surface area is 120 Å². The highest BCUT2D eigenvalue weighted by atomic mass is 16.5. The lowest BCUT2D eigenvalue weighted by atomic mass is 10.1. The van der Waals surface area contributed by atoms with Crippen LogP contribution in [-0.4, -0.2) is 31.2 Å². The van der Waals surface area contributed by atoms with Gasteiger partial charge in [0.2, 0.25) is 0 Å². The molecule has 0 saturated carbocycles. The van der Waals surface area contributed by atoms with Crippen molar-refractivity contribution in [3.63, 3.8) is 0 Å². The predicted molar refractivity (Wildman–Crippen MR) is 80.8 cm³/mol. The topological polar surface area (TPSA) is 77.2 Å². The number of methoxy groups -OCH3 is 1. The van der Waals surface area contributed by atoms with E-state index in [1.807, 2.05) is 13.8 Å². The number of hydrogen-bond acceptors (Lipinski definition) is 4. The summed E-state index contributed by atoms with van der Waals surface area (Å²) < 4.78 is 4.98. The van der Waals surface area contributed by atoms with Gasteiger partial charge in [-0.2, -0.15) is 0 Å². The fourth-order valence-corrected chi connectivity index (χ4v) is 1.85. The highest BCUT2D eigenvalue weighted by molar-refractivity contribution is 5.94. The minimum atomic E-state index is -0.0901. The second kappa shape index (κ2) is 8.53. The van der Waals surface area contributed by atoms with E-state index < -0.39 is 0 Å². The lowest BCUT2D eigenvalue weighted by Gasteiger charge is -2.09. The van der Waals surface area contributed by atoms with E-state index in [1.54, 1.807) is 19.2 Å². The summed E-state index contributed by atoms with van der Waals surface area (Å²) in [7, 11) is 1.70. The zero-order valence-corrected chi connectivity index (χ0v) is 12.6. The van der Waals surface area contributed by atoms with E-state index in [9.17, 15) is 4.79 Å². The van der Waals surface area contributed by atoms with Crippen LogP contribution in [0.15, 0.2) is 12.1 Å². The number of carbonyl (C=O) groups excluding carboxylic acids is 1. The number of nitrogens with one attached hydrogen (secondary N) is 1. The summed E-state index contributed by atoms with van der Waals surface area (Å²) in [5.41, 5.74) is 7.16. The van der Waals surface area contributed by atoms with Crippen LogP contribution in [-0.2, 0) is 4.74 Å². The fourth-order valence-electron chi connectivity index (χ4n) is 1.85. The molecule has 0 unspecified atom stereocenters. The van der Waals surface area contributed by atoms with Crippen molar-refractivity contribution in [2.24, 2.45) is 0 Å². The van der Waals surface area contributed by atoms with Crippen LogP contribution < -0.4 is 11.1 Å². The smallest absolute Gasteiger partial charge is 0.251 e. The van der Waals surface area contributed by atoms with Crippen molar-refractivity contribution in [3.05, 3.63) is 23.4 Å². The standard InChI is InChI=1S/C15H25N3O2/c1-11(2)13-9-12(10-14(16)18-13)15(19)17-7-5-4-6-8-20-3/h9-11H,4-8H2,1-3H3,(H2,16,18)(H,17,19). The number of hydrogen-bond donors (Lipinski definition) is 2. The molecule has 0 aromatic carbocycles. The number of nitrogens with two attached hydrogens (primary N) is 1. The molecule has 0 bridgehead atoms. The molecule has 1 rings (SSSR count). The van der Waals surface area contributed by atoms with Gasteiger partial charge in [-0.25, -0.2) is 4.98 Å². The Kier molecular flexibility index (Phi) is 7.01. The third kappa shape index (κ3) is 5.57. The number of unbranched alkanes of at least 4 members (excludes halogenated alkanes) is 2. The molecule has 1 aromatic heterocycles. The van der Waals surface area contributed by atoms with E-state index in [0.29, 0.717) is 17.9 Å². The number of carbonyl (C=O) groups is 1. The average molecular weight is 279 g/mol. The van der Waals surface area contributed by atoms with E-state index >= 15 is 0 Å². The maximum atomic E-state index is 12.0. The van der Waals surface area contributed by atoms with E-state index in [2.05, 4.69) is 10.3 Å². The SMILES string of the molecule is COCCCCCNC(=O)c1cc(N)nc(C(C)C)c1. The molecule has 5 heteroatoms. The van der Waals surface area contributed by atoms with Crippen LogP contribution in [0.2, 0.25) is 0 Å². The fraction of sp³-hybridized carbons (Fsp3) is 0.600. The number of aromatic nitrogens is 1. The summed E-state index contributed by atoms with van der Waals surface area (Å²) in [6.07, 6.45) is 3.02. The molecule has 20 heavy (non-hydrogen) atoms. The number of nitrogens with zero attached hydrogens (tertiary/aromatic N) is 1. The van der Waals surface area contributed by atoms with Crippen molar-refractivity contribution >= 4 is 11.7 Å². The molecule has 0 aliphatic heterocycles. The molecule has 0 atom stereocenters. The van der Waals surface area contributed by atoms with Crippen LogP contribution in [0.3, 0.4) is 0 Å². The molecule has 0 spiro atoms. The van der Waals surface area contributed by atoms with Crippen LogP contribution in [0.5, 0.6) is 0 Å². The quantitative estimate of drug-likeness (QED) is 0.716. The molecule has 0 aliphatic carbocycles. The lowest BCUT2D eigenvalue weighted by Crippen LogP contribution is -2.25. The van der Waals surface area contributed by atoms with Gasteiger partial charge in [-0.1, -0.05) is 13.8 Å². The van der Waals surface area contributed by atoms with Gasteiger partial charge in [0.15, 0.2) is 0 Å². The number of rotatable bonds is 8. The zero-order chi connectivity index (χ0) is 15.0. The summed E-state index contributed by atoms with van der Waals surface area (Å²) in [5, 5.41) is 2.91. The molecule has 1 amide bonds. The molecule has 1 aromatic rings. The number of anilines is 1. The van der Waals surface area contributed by atoms with Gasteiger partial charge in [0.1, 0.15) is 5.82 Å². The minimum Gasteiger partial charge on any atom is -0.385 e. The van der Waals surface area contributed by atoms with Crippen LogP contribution in [0, 0.1) is 0 Å². The number of ether oxygens (including phenoxy) is 1. The number of amides is 1. The van der Waals surface area contributed by atoms with Crippen LogP contribution in [0.25, 0.3) is 0 Å². The molecular formula is C15H25N3O2. The Morgan fingerprint density at radius 2 is 2.10 bits per heavy atom. The molecule has 0 aliphatic rings. The van der Waals surface area contributed by atoms with Crippen molar-refractivity contribution in [3.8, 4) is 0 Å². The van der Waals surface area contributed by atoms with E-state index in [1.165, 1.54) is 0 Å². The first-order valence-corrected chi connectivity index (χ1v) is 7.09. The van der Waals surface area contributed by atoms with Gasteiger partial charge < -0.3 is 15.8 Å². The van der Waals surface area contributed by atoms with Gasteiger partial charge in [-0.3, -0.25) is 4.79 Å². The van der Waals surface area contributed by atoms with Crippen molar-refractivity contribution < 1.29 is 9.53 Å². The first-order chi connectivity index (χ1) is 9.54. The molecule has 0 radical (unpaired) electrons. The van der Waals surface area contributed by atoms with Gasteiger partial charge in [0.25, 0.3) is 5.91 Å². The Balaban J connectivity index is 2.47. The molecule has 0 fully saturated rings. The first kappa shape index (κ1) is 16.4. The third-order valence-electron chi connectivity index (χ3n) is 3.03. The van der Waals surface area contributed by atoms with E-state index in [4.69, 9.17) is 10.5 Å². The van der Waals surface area contributed by atoms with Crippen molar-refractivity contribution in [2.75, 3.05) is 26.0 Å². The normalized spacial score (nSPS) is 10.8. The second-order valence-corrected chi connectivity index (χ2v) is 5.17. The Morgan fingerprint density at radius 1 is 1.35 bits per heavy atom.